The molecule has 0 aliphatic rings. The first-order valence-corrected chi connectivity index (χ1v) is 5.72. The topological polar surface area (TPSA) is 35.8 Å². The van der Waals surface area contributed by atoms with Gasteiger partial charge in [-0.3, -0.25) is 0 Å². The smallest absolute Gasteiger partial charge is 0.165 e. The predicted molar refractivity (Wildman–Crippen MR) is 70.6 cm³/mol. The average Bonchev–Trinajstić information content (AvgIpc) is 2.37. The van der Waals surface area contributed by atoms with E-state index in [0.29, 0.717) is 11.3 Å². The number of nitrogens with one attached hydrogen (secondary N) is 1. The van der Waals surface area contributed by atoms with Crippen molar-refractivity contribution in [3.63, 3.8) is 0 Å². The molecule has 0 heterocycles. The summed E-state index contributed by atoms with van der Waals surface area (Å²) in [7, 11) is 0. The highest BCUT2D eigenvalue weighted by Gasteiger charge is 2.10. The Bertz CT molecular complexity index is 632. The molecular weight excluding hydrogens is 251 g/mol. The maximum absolute atomic E-state index is 13.8. The van der Waals surface area contributed by atoms with E-state index in [4.69, 9.17) is 16.9 Å². The average molecular weight is 261 g/mol. The standard InChI is InChI=1S/C14H10ClFN2/c1-9-4-2-5-10(8-17)14(9)18-12-7-3-6-11(15)13(12)16/h2-7,18H,1H3. The van der Waals surface area contributed by atoms with Crippen molar-refractivity contribution in [3.05, 3.63) is 58.4 Å². The van der Waals surface area contributed by atoms with Crippen LogP contribution in [0.25, 0.3) is 0 Å². The Hall–Kier alpha value is -2.05. The van der Waals surface area contributed by atoms with E-state index in [1.165, 1.54) is 6.07 Å². The van der Waals surface area contributed by atoms with Gasteiger partial charge in [-0.15, -0.1) is 0 Å². The highest BCUT2D eigenvalue weighted by atomic mass is 35.5. The number of rotatable bonds is 2. The van der Waals surface area contributed by atoms with Crippen LogP contribution in [0.2, 0.25) is 5.02 Å². The van der Waals surface area contributed by atoms with Crippen LogP contribution in [-0.2, 0) is 0 Å². The van der Waals surface area contributed by atoms with Gasteiger partial charge in [0.25, 0.3) is 0 Å². The molecule has 90 valence electrons. The first-order chi connectivity index (χ1) is 8.63. The van der Waals surface area contributed by atoms with Crippen LogP contribution in [0.15, 0.2) is 36.4 Å². The van der Waals surface area contributed by atoms with Gasteiger partial charge in [-0.1, -0.05) is 29.8 Å². The quantitative estimate of drug-likeness (QED) is 0.869. The number of aryl methyl sites for hydroxylation is 1. The van der Waals surface area contributed by atoms with Crippen molar-refractivity contribution in [1.82, 2.24) is 0 Å². The van der Waals surface area contributed by atoms with Crippen LogP contribution in [0.3, 0.4) is 0 Å². The molecule has 0 aliphatic heterocycles. The molecule has 0 fully saturated rings. The Labute approximate surface area is 110 Å². The lowest BCUT2D eigenvalue weighted by Crippen LogP contribution is -1.99. The van der Waals surface area contributed by atoms with Crippen molar-refractivity contribution < 1.29 is 4.39 Å². The second-order valence-corrected chi connectivity index (χ2v) is 4.24. The van der Waals surface area contributed by atoms with Crippen LogP contribution < -0.4 is 5.32 Å². The summed E-state index contributed by atoms with van der Waals surface area (Å²) in [5.74, 6) is -0.522. The Morgan fingerprint density at radius 2 is 1.94 bits per heavy atom. The van der Waals surface area contributed by atoms with Gasteiger partial charge in [0.1, 0.15) is 6.07 Å². The van der Waals surface area contributed by atoms with Gasteiger partial charge in [0.15, 0.2) is 5.82 Å². The zero-order valence-electron chi connectivity index (χ0n) is 9.67. The van der Waals surface area contributed by atoms with Crippen molar-refractivity contribution in [2.45, 2.75) is 6.92 Å². The lowest BCUT2D eigenvalue weighted by Gasteiger charge is -2.12. The van der Waals surface area contributed by atoms with Crippen molar-refractivity contribution in [1.29, 1.82) is 5.26 Å². The van der Waals surface area contributed by atoms with E-state index < -0.39 is 5.82 Å². The summed E-state index contributed by atoms with van der Waals surface area (Å²) in [4.78, 5) is 0. The molecule has 0 radical (unpaired) electrons. The van der Waals surface area contributed by atoms with Gasteiger partial charge >= 0.3 is 0 Å². The van der Waals surface area contributed by atoms with Crippen LogP contribution >= 0.6 is 11.6 Å². The summed E-state index contributed by atoms with van der Waals surface area (Å²) in [6, 6.07) is 12.1. The molecule has 0 unspecified atom stereocenters. The molecule has 0 bridgehead atoms. The summed E-state index contributed by atoms with van der Waals surface area (Å²) in [6.45, 7) is 1.85. The minimum Gasteiger partial charge on any atom is -0.352 e. The Morgan fingerprint density at radius 3 is 2.67 bits per heavy atom. The number of anilines is 2. The second kappa shape index (κ2) is 5.07. The molecule has 0 saturated heterocycles. The molecule has 0 saturated carbocycles. The van der Waals surface area contributed by atoms with Gasteiger partial charge in [0, 0.05) is 0 Å². The zero-order chi connectivity index (χ0) is 13.1. The maximum Gasteiger partial charge on any atom is 0.165 e. The van der Waals surface area contributed by atoms with E-state index in [9.17, 15) is 4.39 Å². The minimum atomic E-state index is -0.522. The van der Waals surface area contributed by atoms with Crippen LogP contribution in [-0.4, -0.2) is 0 Å². The van der Waals surface area contributed by atoms with E-state index in [2.05, 4.69) is 11.4 Å². The van der Waals surface area contributed by atoms with Crippen molar-refractivity contribution in [3.8, 4) is 6.07 Å². The highest BCUT2D eigenvalue weighted by Crippen LogP contribution is 2.28. The fourth-order valence-electron chi connectivity index (χ4n) is 1.66. The molecule has 4 heteroatoms. The molecular formula is C14H10ClFN2. The lowest BCUT2D eigenvalue weighted by atomic mass is 10.1. The number of nitrogens with zero attached hydrogens (tertiary/aromatic N) is 1. The van der Waals surface area contributed by atoms with Gasteiger partial charge in [-0.2, -0.15) is 5.26 Å². The molecule has 0 aliphatic carbocycles. The SMILES string of the molecule is Cc1cccc(C#N)c1Nc1cccc(Cl)c1F. The summed E-state index contributed by atoms with van der Waals surface area (Å²) in [5, 5.41) is 12.0. The normalized spacial score (nSPS) is 9.89. The van der Waals surface area contributed by atoms with Gasteiger partial charge in [-0.25, -0.2) is 4.39 Å². The number of hydrogen-bond donors (Lipinski definition) is 1. The number of benzene rings is 2. The van der Waals surface area contributed by atoms with E-state index in [1.807, 2.05) is 13.0 Å². The molecule has 0 spiro atoms. The van der Waals surface area contributed by atoms with Crippen LogP contribution in [0.1, 0.15) is 11.1 Å². The van der Waals surface area contributed by atoms with E-state index in [0.717, 1.165) is 5.56 Å². The number of nitriles is 1. The van der Waals surface area contributed by atoms with E-state index in [-0.39, 0.29) is 10.7 Å². The van der Waals surface area contributed by atoms with Crippen molar-refractivity contribution >= 4 is 23.0 Å². The Morgan fingerprint density at radius 1 is 1.22 bits per heavy atom. The van der Waals surface area contributed by atoms with Gasteiger partial charge in [-0.05, 0) is 30.7 Å². The lowest BCUT2D eigenvalue weighted by molar-refractivity contribution is 0.632. The third kappa shape index (κ3) is 2.29. The number of halogens is 2. The maximum atomic E-state index is 13.8. The molecule has 2 nitrogen and oxygen atoms in total. The Balaban J connectivity index is 2.47. The first kappa shape index (κ1) is 12.4. The largest absolute Gasteiger partial charge is 0.352 e. The summed E-state index contributed by atoms with van der Waals surface area (Å²) in [6.07, 6.45) is 0. The highest BCUT2D eigenvalue weighted by molar-refractivity contribution is 6.31. The zero-order valence-corrected chi connectivity index (χ0v) is 10.4. The molecule has 0 aromatic heterocycles. The summed E-state index contributed by atoms with van der Waals surface area (Å²) >= 11 is 5.71. The summed E-state index contributed by atoms with van der Waals surface area (Å²) < 4.78 is 13.8. The molecule has 1 N–H and O–H groups in total. The Kier molecular flexibility index (Phi) is 3.50. The van der Waals surface area contributed by atoms with Gasteiger partial charge < -0.3 is 5.32 Å². The molecule has 0 amide bonds. The monoisotopic (exact) mass is 260 g/mol. The van der Waals surface area contributed by atoms with Gasteiger partial charge in [0.05, 0.1) is 22.0 Å². The molecule has 18 heavy (non-hydrogen) atoms. The fourth-order valence-corrected chi connectivity index (χ4v) is 1.84. The van der Waals surface area contributed by atoms with Crippen molar-refractivity contribution in [2.75, 3.05) is 5.32 Å². The molecule has 0 atom stereocenters. The van der Waals surface area contributed by atoms with Crippen LogP contribution in [0, 0.1) is 24.1 Å². The molecule has 2 aromatic carbocycles. The molecule has 2 rings (SSSR count). The van der Waals surface area contributed by atoms with Crippen LogP contribution in [0.5, 0.6) is 0 Å². The summed E-state index contributed by atoms with van der Waals surface area (Å²) in [5.41, 5.74) is 2.19. The van der Waals surface area contributed by atoms with E-state index in [1.54, 1.807) is 24.3 Å². The number of hydrogen-bond acceptors (Lipinski definition) is 2. The third-order valence-corrected chi connectivity index (χ3v) is 2.90. The van der Waals surface area contributed by atoms with Crippen molar-refractivity contribution in [2.24, 2.45) is 0 Å². The number of para-hydroxylation sites is 1. The predicted octanol–water partition coefficient (Wildman–Crippen LogP) is 4.40. The molecule has 2 aromatic rings. The van der Waals surface area contributed by atoms with Crippen LogP contribution in [0.4, 0.5) is 15.8 Å². The second-order valence-electron chi connectivity index (χ2n) is 3.84. The minimum absolute atomic E-state index is 0.0482. The first-order valence-electron chi connectivity index (χ1n) is 5.34. The van der Waals surface area contributed by atoms with E-state index >= 15 is 0 Å². The van der Waals surface area contributed by atoms with Gasteiger partial charge in [0.2, 0.25) is 0 Å². The fraction of sp³-hybridized carbons (Fsp3) is 0.0714. The third-order valence-electron chi connectivity index (χ3n) is 2.60.